The normalized spacial score (nSPS) is 14.9. The van der Waals surface area contributed by atoms with E-state index in [4.69, 9.17) is 27.0 Å². The van der Waals surface area contributed by atoms with E-state index >= 15 is 0 Å². The number of nitrogens with two attached hydrogens (primary N) is 2. The number of hydrogen-bond acceptors (Lipinski definition) is 7. The fourth-order valence-corrected chi connectivity index (χ4v) is 6.26. The van der Waals surface area contributed by atoms with Gasteiger partial charge in [0.2, 0.25) is 10.0 Å². The molecule has 1 amide bonds. The molecule has 2 aromatic rings. The largest absolute Gasteiger partial charge is 0.489 e. The minimum Gasteiger partial charge on any atom is -0.489 e. The van der Waals surface area contributed by atoms with Crippen LogP contribution in [0.1, 0.15) is 54.6 Å². The van der Waals surface area contributed by atoms with Crippen molar-refractivity contribution in [2.75, 3.05) is 23.9 Å². The van der Waals surface area contributed by atoms with Crippen LogP contribution in [0.2, 0.25) is 0 Å². The summed E-state index contributed by atoms with van der Waals surface area (Å²) in [7, 11) is -4.43. The summed E-state index contributed by atoms with van der Waals surface area (Å²) in [5, 5.41) is 23.3. The maximum absolute atomic E-state index is 13.6. The van der Waals surface area contributed by atoms with E-state index in [2.05, 4.69) is 0 Å². The second-order valence-electron chi connectivity index (χ2n) is 9.69. The van der Waals surface area contributed by atoms with E-state index in [0.29, 0.717) is 42.9 Å². The minimum absolute atomic E-state index is 0.0325. The second kappa shape index (κ2) is 13.3. The first kappa shape index (κ1) is 31.1. The number of sulfonamides is 1. The number of nitrogens with one attached hydrogen (secondary N) is 2. The number of carboxylic acid groups (broad SMARTS) is 1. The monoisotopic (exact) mass is 584 g/mol. The Bertz CT molecular complexity index is 1450. The van der Waals surface area contributed by atoms with E-state index < -0.39 is 27.1 Å². The van der Waals surface area contributed by atoms with Gasteiger partial charge in [-0.1, -0.05) is 37.3 Å². The van der Waals surface area contributed by atoms with Crippen molar-refractivity contribution in [3.63, 3.8) is 0 Å². The molecule has 1 fully saturated rings. The number of primary amides is 1. The van der Waals surface area contributed by atoms with E-state index in [9.17, 15) is 23.1 Å². The number of carbonyl (C=O) groups excluding carboxylic acids is 1. The van der Waals surface area contributed by atoms with Crippen LogP contribution < -0.4 is 20.5 Å². The van der Waals surface area contributed by atoms with Gasteiger partial charge in [-0.2, -0.15) is 0 Å². The molecule has 0 bridgehead atoms. The number of hydrogen-bond donors (Lipinski definition) is 5. The third-order valence-corrected chi connectivity index (χ3v) is 9.05. The third-order valence-electron chi connectivity index (χ3n) is 6.82. The van der Waals surface area contributed by atoms with Crippen molar-refractivity contribution in [2.24, 2.45) is 11.5 Å². The van der Waals surface area contributed by atoms with Crippen LogP contribution in [-0.2, 0) is 14.8 Å². The smallest absolute Gasteiger partial charge is 0.323 e. The predicted molar refractivity (Wildman–Crippen MR) is 158 cm³/mol. The summed E-state index contributed by atoms with van der Waals surface area (Å²) >= 11 is 0. The summed E-state index contributed by atoms with van der Waals surface area (Å²) in [4.78, 5) is 26.2. The van der Waals surface area contributed by atoms with Crippen molar-refractivity contribution in [3.8, 4) is 5.75 Å². The van der Waals surface area contributed by atoms with E-state index in [1.807, 2.05) is 4.90 Å². The molecule has 0 spiro atoms. The van der Waals surface area contributed by atoms with Crippen molar-refractivity contribution >= 4 is 45.3 Å². The first-order valence-corrected chi connectivity index (χ1v) is 14.6. The highest BCUT2D eigenvalue weighted by molar-refractivity contribution is 7.94. The Balaban J connectivity index is 1.96. The van der Waals surface area contributed by atoms with Crippen molar-refractivity contribution in [2.45, 2.75) is 44.5 Å². The number of carbonyl (C=O) groups is 2. The molecule has 1 saturated heterocycles. The van der Waals surface area contributed by atoms with Crippen LogP contribution in [0.15, 0.2) is 48.5 Å². The third kappa shape index (κ3) is 7.63. The summed E-state index contributed by atoms with van der Waals surface area (Å²) in [5.74, 6) is -1.76. The van der Waals surface area contributed by atoms with Crippen molar-refractivity contribution in [1.82, 2.24) is 4.90 Å². The van der Waals surface area contributed by atoms with E-state index in [-0.39, 0.29) is 41.9 Å². The van der Waals surface area contributed by atoms with Gasteiger partial charge in [-0.25, -0.2) is 8.42 Å². The molecule has 13 heteroatoms. The highest BCUT2D eigenvalue weighted by Crippen LogP contribution is 2.30. The van der Waals surface area contributed by atoms with Gasteiger partial charge in [-0.3, -0.25) is 24.7 Å². The molecule has 0 aliphatic carbocycles. The Labute approximate surface area is 239 Å². The number of likely N-dealkylation sites (tertiary alicyclic amines) is 1. The van der Waals surface area contributed by atoms with Gasteiger partial charge < -0.3 is 26.2 Å². The molecule has 0 radical (unpaired) electrons. The lowest BCUT2D eigenvalue weighted by Gasteiger charge is -2.33. The zero-order valence-electron chi connectivity index (χ0n) is 23.0. The van der Waals surface area contributed by atoms with Crippen LogP contribution in [0.25, 0.3) is 6.08 Å². The summed E-state index contributed by atoms with van der Waals surface area (Å²) < 4.78 is 34.1. The highest BCUT2D eigenvalue weighted by Gasteiger charge is 2.36. The number of nitrogen functional groups attached to an aromatic ring is 1. The van der Waals surface area contributed by atoms with E-state index in [1.54, 1.807) is 43.3 Å². The molecule has 3 rings (SSSR count). The Morgan fingerprint density at radius 3 is 2.41 bits per heavy atom. The summed E-state index contributed by atoms with van der Waals surface area (Å²) in [5.41, 5.74) is 12.4. The molecule has 1 heterocycles. The molecule has 1 unspecified atom stereocenters. The van der Waals surface area contributed by atoms with E-state index in [1.165, 1.54) is 25.1 Å². The van der Waals surface area contributed by atoms with Crippen LogP contribution in [0.3, 0.4) is 0 Å². The number of rotatable bonds is 12. The minimum atomic E-state index is -4.43. The fourth-order valence-electron chi connectivity index (χ4n) is 4.57. The lowest BCUT2D eigenvalue weighted by molar-refractivity contribution is -0.136. The number of amides is 1. The molecule has 1 aliphatic heterocycles. The molecule has 0 saturated carbocycles. The van der Waals surface area contributed by atoms with Crippen LogP contribution in [0, 0.1) is 10.8 Å². The maximum atomic E-state index is 13.6. The van der Waals surface area contributed by atoms with Crippen LogP contribution >= 0.6 is 0 Å². The molecule has 0 aromatic heterocycles. The number of anilines is 1. The molecule has 12 nitrogen and oxygen atoms in total. The Morgan fingerprint density at radius 2 is 1.85 bits per heavy atom. The highest BCUT2D eigenvalue weighted by atomic mass is 32.2. The number of piperidine rings is 1. The Morgan fingerprint density at radius 1 is 1.17 bits per heavy atom. The summed E-state index contributed by atoms with van der Waals surface area (Å²) in [6.45, 7) is 4.21. The Kier molecular flexibility index (Phi) is 10.1. The van der Waals surface area contributed by atoms with Crippen molar-refractivity contribution in [1.29, 1.82) is 10.8 Å². The topological polar surface area (TPSA) is 204 Å². The predicted octanol–water partition coefficient (Wildman–Crippen LogP) is 2.62. The van der Waals surface area contributed by atoms with Gasteiger partial charge in [0, 0.05) is 31.5 Å². The van der Waals surface area contributed by atoms with Gasteiger partial charge in [0.1, 0.15) is 17.7 Å². The van der Waals surface area contributed by atoms with Crippen LogP contribution in [0.5, 0.6) is 5.75 Å². The standard InChI is InChI=1S/C28H36N6O6S/c1-3-25(28(36)37)41(38,39)34(13-5-7-19-6-4-8-20(16-19)26(30)31)21-9-10-24(23(17-21)27(32)35)40-22-11-14-33(15-12-22)18(2)29/h4-10,16-17,22,25,29H,3,11-15H2,1-2H3,(H3,30,31)(H2,32,35)(H,36,37). The molecular formula is C28H36N6O6S. The number of nitrogens with zero attached hydrogens (tertiary/aromatic N) is 2. The number of carboxylic acids is 1. The molecule has 2 aromatic carbocycles. The fraction of sp³-hybridized carbons (Fsp3) is 0.357. The maximum Gasteiger partial charge on any atom is 0.323 e. The van der Waals surface area contributed by atoms with Gasteiger partial charge in [0.05, 0.1) is 23.6 Å². The van der Waals surface area contributed by atoms with E-state index in [0.717, 1.165) is 4.31 Å². The van der Waals surface area contributed by atoms with Gasteiger partial charge in [-0.05, 0) is 43.2 Å². The van der Waals surface area contributed by atoms with Crippen molar-refractivity contribution in [3.05, 3.63) is 65.2 Å². The lowest BCUT2D eigenvalue weighted by Crippen LogP contribution is -2.43. The van der Waals surface area contributed by atoms with Gasteiger partial charge in [0.15, 0.2) is 5.25 Å². The molecule has 1 atom stereocenters. The number of aliphatic carboxylic acids is 1. The van der Waals surface area contributed by atoms with Crippen LogP contribution in [-0.4, -0.2) is 73.0 Å². The average molecular weight is 585 g/mol. The quantitative estimate of drug-likeness (QED) is 0.185. The van der Waals surface area contributed by atoms with Gasteiger partial charge >= 0.3 is 5.97 Å². The zero-order valence-corrected chi connectivity index (χ0v) is 23.9. The molecule has 41 heavy (non-hydrogen) atoms. The second-order valence-corrected chi connectivity index (χ2v) is 11.7. The lowest BCUT2D eigenvalue weighted by atomic mass is 10.1. The first-order chi connectivity index (χ1) is 19.3. The summed E-state index contributed by atoms with van der Waals surface area (Å²) in [6, 6.07) is 11.0. The molecule has 1 aliphatic rings. The average Bonchev–Trinajstić information content (AvgIpc) is 2.91. The SMILES string of the molecule is CCC(C(=O)O)S(=O)(=O)N(CC=Cc1cccc(C(=N)N)c1)c1ccc(OC2CCN(C(C)=N)CC2)c(C(N)=O)c1. The number of ether oxygens (including phenoxy) is 1. The van der Waals surface area contributed by atoms with Crippen LogP contribution in [0.4, 0.5) is 5.69 Å². The van der Waals surface area contributed by atoms with Gasteiger partial charge in [-0.15, -0.1) is 0 Å². The molecule has 7 N–H and O–H groups in total. The molecule has 220 valence electrons. The number of amidine groups is 2. The number of benzene rings is 2. The zero-order chi connectivity index (χ0) is 30.3. The Hall–Kier alpha value is -4.39. The first-order valence-electron chi connectivity index (χ1n) is 13.1. The van der Waals surface area contributed by atoms with Gasteiger partial charge in [0.25, 0.3) is 5.91 Å². The molecular weight excluding hydrogens is 548 g/mol. The van der Waals surface area contributed by atoms with Crippen molar-refractivity contribution < 1.29 is 27.9 Å². The summed E-state index contributed by atoms with van der Waals surface area (Å²) in [6.07, 6.45) is 4.03.